The van der Waals surface area contributed by atoms with Crippen molar-refractivity contribution in [2.45, 2.75) is 25.8 Å². The Bertz CT molecular complexity index is 364. The van der Waals surface area contributed by atoms with Gasteiger partial charge >= 0.3 is 0 Å². The van der Waals surface area contributed by atoms with E-state index < -0.39 is 0 Å². The molecule has 2 heterocycles. The molecule has 1 fully saturated rings. The smallest absolute Gasteiger partial charge is 0.233 e. The Morgan fingerprint density at radius 3 is 3.20 bits per heavy atom. The highest BCUT2D eigenvalue weighted by atomic mass is 79.9. The summed E-state index contributed by atoms with van der Waals surface area (Å²) in [6.45, 7) is 2.70. The summed E-state index contributed by atoms with van der Waals surface area (Å²) in [7, 11) is 0. The van der Waals surface area contributed by atoms with Crippen molar-refractivity contribution >= 4 is 21.8 Å². The van der Waals surface area contributed by atoms with Gasteiger partial charge in [-0.15, -0.1) is 0 Å². The third kappa shape index (κ3) is 2.07. The fourth-order valence-corrected chi connectivity index (χ4v) is 2.30. The van der Waals surface area contributed by atoms with Gasteiger partial charge in [0.05, 0.1) is 17.1 Å². The van der Waals surface area contributed by atoms with Crippen LogP contribution < -0.4 is 0 Å². The Hall–Kier alpha value is -0.840. The molecule has 15 heavy (non-hydrogen) atoms. The molecule has 1 unspecified atom stereocenters. The lowest BCUT2D eigenvalue weighted by Gasteiger charge is -2.21. The van der Waals surface area contributed by atoms with Gasteiger partial charge in [0.25, 0.3) is 0 Å². The van der Waals surface area contributed by atoms with E-state index in [1.165, 1.54) is 0 Å². The zero-order valence-electron chi connectivity index (χ0n) is 8.57. The van der Waals surface area contributed by atoms with E-state index >= 15 is 0 Å². The molecule has 0 radical (unpaired) electrons. The summed E-state index contributed by atoms with van der Waals surface area (Å²) in [6.07, 6.45) is 2.00. The van der Waals surface area contributed by atoms with Crippen molar-refractivity contribution in [1.82, 2.24) is 10.1 Å². The summed E-state index contributed by atoms with van der Waals surface area (Å²) >= 11 is 3.19. The topological polar surface area (TPSA) is 46.3 Å². The number of hydrogen-bond donors (Lipinski definition) is 0. The Kier molecular flexibility index (Phi) is 3.09. The van der Waals surface area contributed by atoms with E-state index in [-0.39, 0.29) is 11.9 Å². The molecule has 82 valence electrons. The lowest BCUT2D eigenvalue weighted by Crippen LogP contribution is -2.31. The van der Waals surface area contributed by atoms with Crippen molar-refractivity contribution in [3.63, 3.8) is 0 Å². The molecular weight excluding hydrogens is 260 g/mol. The predicted molar refractivity (Wildman–Crippen MR) is 58.7 cm³/mol. The van der Waals surface area contributed by atoms with Crippen LogP contribution in [-0.2, 0) is 4.79 Å². The van der Waals surface area contributed by atoms with E-state index in [9.17, 15) is 4.79 Å². The van der Waals surface area contributed by atoms with E-state index in [1.54, 1.807) is 0 Å². The Labute approximate surface area is 96.7 Å². The van der Waals surface area contributed by atoms with Crippen molar-refractivity contribution in [3.8, 4) is 0 Å². The van der Waals surface area contributed by atoms with E-state index in [4.69, 9.17) is 4.52 Å². The largest absolute Gasteiger partial charge is 0.359 e. The number of carbonyl (C=O) groups excluding carboxylic acids is 1. The third-order valence-electron chi connectivity index (χ3n) is 2.66. The minimum absolute atomic E-state index is 0.0799. The fourth-order valence-electron chi connectivity index (χ4n) is 1.98. The average Bonchev–Trinajstić information content (AvgIpc) is 2.84. The molecule has 1 aliphatic rings. The lowest BCUT2D eigenvalue weighted by molar-refractivity contribution is -0.129. The number of amides is 1. The SMILES string of the molecule is Cc1cc(C2CCCN2C(=O)CBr)on1. The van der Waals surface area contributed by atoms with Gasteiger partial charge in [0.2, 0.25) is 5.91 Å². The average molecular weight is 273 g/mol. The molecule has 0 bridgehead atoms. The number of rotatable bonds is 2. The van der Waals surface area contributed by atoms with Gasteiger partial charge in [0.15, 0.2) is 5.76 Å². The van der Waals surface area contributed by atoms with Crippen molar-refractivity contribution in [3.05, 3.63) is 17.5 Å². The molecule has 0 spiro atoms. The summed E-state index contributed by atoms with van der Waals surface area (Å²) in [5.74, 6) is 0.922. The van der Waals surface area contributed by atoms with Crippen molar-refractivity contribution in [1.29, 1.82) is 0 Å². The number of carbonyl (C=O) groups is 1. The van der Waals surface area contributed by atoms with Gasteiger partial charge < -0.3 is 9.42 Å². The predicted octanol–water partition coefficient (Wildman–Crippen LogP) is 2.04. The van der Waals surface area contributed by atoms with E-state index in [1.807, 2.05) is 17.9 Å². The number of aryl methyl sites for hydroxylation is 1. The maximum atomic E-state index is 11.6. The van der Waals surface area contributed by atoms with Crippen LogP contribution in [0.5, 0.6) is 0 Å². The number of likely N-dealkylation sites (tertiary alicyclic amines) is 1. The van der Waals surface area contributed by atoms with Crippen LogP contribution in [0, 0.1) is 6.92 Å². The first kappa shape index (κ1) is 10.7. The fraction of sp³-hybridized carbons (Fsp3) is 0.600. The Morgan fingerprint density at radius 1 is 1.80 bits per heavy atom. The zero-order valence-corrected chi connectivity index (χ0v) is 10.2. The molecule has 1 atom stereocenters. The van der Waals surface area contributed by atoms with E-state index in [2.05, 4.69) is 21.1 Å². The van der Waals surface area contributed by atoms with Crippen molar-refractivity contribution in [2.24, 2.45) is 0 Å². The highest BCUT2D eigenvalue weighted by Gasteiger charge is 2.31. The standard InChI is InChI=1S/C10H13BrN2O2/c1-7-5-9(15-12-7)8-3-2-4-13(8)10(14)6-11/h5,8H,2-4,6H2,1H3. The summed E-state index contributed by atoms with van der Waals surface area (Å²) in [6, 6.07) is 1.99. The molecule has 0 N–H and O–H groups in total. The van der Waals surface area contributed by atoms with Gasteiger partial charge in [-0.1, -0.05) is 21.1 Å². The highest BCUT2D eigenvalue weighted by molar-refractivity contribution is 9.09. The molecule has 1 aromatic heterocycles. The molecule has 0 saturated carbocycles. The molecule has 1 amide bonds. The molecule has 1 aliphatic heterocycles. The first-order valence-corrected chi connectivity index (χ1v) is 6.13. The van der Waals surface area contributed by atoms with Crippen LogP contribution in [0.4, 0.5) is 0 Å². The van der Waals surface area contributed by atoms with Gasteiger partial charge in [-0.25, -0.2) is 0 Å². The quantitative estimate of drug-likeness (QED) is 0.775. The van der Waals surface area contributed by atoms with Crippen LogP contribution in [0.15, 0.2) is 10.6 Å². The minimum Gasteiger partial charge on any atom is -0.359 e. The van der Waals surface area contributed by atoms with Gasteiger partial charge in [-0.05, 0) is 19.8 Å². The number of halogens is 1. The van der Waals surface area contributed by atoms with Gasteiger partial charge in [-0.3, -0.25) is 4.79 Å². The number of nitrogens with zero attached hydrogens (tertiary/aromatic N) is 2. The van der Waals surface area contributed by atoms with Crippen LogP contribution in [0.1, 0.15) is 30.3 Å². The molecule has 1 saturated heterocycles. The van der Waals surface area contributed by atoms with Crippen molar-refractivity contribution in [2.75, 3.05) is 11.9 Å². The second-order valence-corrected chi connectivity index (χ2v) is 4.31. The maximum Gasteiger partial charge on any atom is 0.233 e. The minimum atomic E-state index is 0.0799. The van der Waals surface area contributed by atoms with Crippen LogP contribution in [0.3, 0.4) is 0 Å². The summed E-state index contributed by atoms with van der Waals surface area (Å²) < 4.78 is 5.21. The Balaban J connectivity index is 2.18. The monoisotopic (exact) mass is 272 g/mol. The molecule has 1 aromatic rings. The third-order valence-corrected chi connectivity index (χ3v) is 3.14. The van der Waals surface area contributed by atoms with E-state index in [0.29, 0.717) is 5.33 Å². The first-order valence-electron chi connectivity index (χ1n) is 5.01. The lowest BCUT2D eigenvalue weighted by atomic mass is 10.1. The maximum absolute atomic E-state index is 11.6. The van der Waals surface area contributed by atoms with Gasteiger partial charge in [0.1, 0.15) is 0 Å². The molecular formula is C10H13BrN2O2. The summed E-state index contributed by atoms with van der Waals surface area (Å²) in [4.78, 5) is 13.5. The molecule has 0 aliphatic carbocycles. The van der Waals surface area contributed by atoms with Crippen LogP contribution in [0.2, 0.25) is 0 Å². The second kappa shape index (κ2) is 4.35. The van der Waals surface area contributed by atoms with Crippen LogP contribution in [-0.4, -0.2) is 27.8 Å². The van der Waals surface area contributed by atoms with Crippen LogP contribution in [0.25, 0.3) is 0 Å². The van der Waals surface area contributed by atoms with Crippen molar-refractivity contribution < 1.29 is 9.32 Å². The summed E-state index contributed by atoms with van der Waals surface area (Å²) in [5, 5.41) is 4.23. The Morgan fingerprint density at radius 2 is 2.60 bits per heavy atom. The zero-order chi connectivity index (χ0) is 10.8. The van der Waals surface area contributed by atoms with E-state index in [0.717, 1.165) is 30.8 Å². The molecule has 0 aromatic carbocycles. The molecule has 2 rings (SSSR count). The highest BCUT2D eigenvalue weighted by Crippen LogP contribution is 2.32. The van der Waals surface area contributed by atoms with Gasteiger partial charge in [0, 0.05) is 12.6 Å². The number of alkyl halides is 1. The number of aromatic nitrogens is 1. The molecule has 4 nitrogen and oxygen atoms in total. The molecule has 5 heteroatoms. The van der Waals surface area contributed by atoms with Gasteiger partial charge in [-0.2, -0.15) is 0 Å². The first-order chi connectivity index (χ1) is 7.22. The normalized spacial score (nSPS) is 20.9. The number of hydrogen-bond acceptors (Lipinski definition) is 3. The second-order valence-electron chi connectivity index (χ2n) is 3.75. The summed E-state index contributed by atoms with van der Waals surface area (Å²) in [5.41, 5.74) is 0.864. The van der Waals surface area contributed by atoms with Crippen LogP contribution >= 0.6 is 15.9 Å².